The lowest BCUT2D eigenvalue weighted by molar-refractivity contribution is 0.122. The van der Waals surface area contributed by atoms with Gasteiger partial charge in [-0.15, -0.1) is 0 Å². The first-order valence-corrected chi connectivity index (χ1v) is 7.37. The molecule has 4 heterocycles. The lowest BCUT2D eigenvalue weighted by Gasteiger charge is -2.28. The van der Waals surface area contributed by atoms with E-state index in [9.17, 15) is 0 Å². The Hall–Kier alpha value is -2.92. The van der Waals surface area contributed by atoms with Gasteiger partial charge in [0.2, 0.25) is 0 Å². The Kier molecular flexibility index (Phi) is 3.20. The maximum Gasteiger partial charge on any atom is 0.143 e. The average Bonchev–Trinajstić information content (AvgIpc) is 3.18. The molecule has 1 N–H and O–H groups in total. The minimum absolute atomic E-state index is 0.513. The highest BCUT2D eigenvalue weighted by molar-refractivity contribution is 6.00. The molecular formula is C15H15N7O. The summed E-state index contributed by atoms with van der Waals surface area (Å²) in [6.45, 7) is 2.96. The van der Waals surface area contributed by atoms with Crippen molar-refractivity contribution in [3.05, 3.63) is 24.3 Å². The zero-order valence-electron chi connectivity index (χ0n) is 12.7. The van der Waals surface area contributed by atoms with Gasteiger partial charge in [0.1, 0.15) is 29.6 Å². The van der Waals surface area contributed by atoms with Gasteiger partial charge < -0.3 is 14.6 Å². The van der Waals surface area contributed by atoms with Crippen LogP contribution in [0.2, 0.25) is 0 Å². The fourth-order valence-electron chi connectivity index (χ4n) is 2.87. The van der Waals surface area contributed by atoms with E-state index in [-0.39, 0.29) is 0 Å². The van der Waals surface area contributed by atoms with Gasteiger partial charge in [-0.05, 0) is 0 Å². The number of nitrogens with one attached hydrogen (secondary N) is 1. The van der Waals surface area contributed by atoms with Gasteiger partial charge >= 0.3 is 0 Å². The van der Waals surface area contributed by atoms with Gasteiger partial charge in [0.15, 0.2) is 0 Å². The fourth-order valence-corrected chi connectivity index (χ4v) is 2.87. The van der Waals surface area contributed by atoms with E-state index in [2.05, 4.69) is 31.0 Å². The number of H-pyrrole nitrogens is 1. The number of aromatic amines is 1. The third-order valence-electron chi connectivity index (χ3n) is 4.03. The summed E-state index contributed by atoms with van der Waals surface area (Å²) in [6, 6.07) is 3.91. The molecule has 8 heteroatoms. The number of hydrogen-bond acceptors (Lipinski definition) is 6. The first-order valence-electron chi connectivity index (χ1n) is 7.37. The lowest BCUT2D eigenvalue weighted by atomic mass is 10.1. The van der Waals surface area contributed by atoms with Crippen LogP contribution in [-0.4, -0.2) is 51.0 Å². The summed E-state index contributed by atoms with van der Waals surface area (Å²) in [6.07, 6.45) is 3.43. The number of hydrogen-bond donors (Lipinski definition) is 1. The Morgan fingerprint density at radius 3 is 2.87 bits per heavy atom. The van der Waals surface area contributed by atoms with E-state index < -0.39 is 0 Å². The van der Waals surface area contributed by atoms with E-state index in [0.717, 1.165) is 41.2 Å². The van der Waals surface area contributed by atoms with Gasteiger partial charge in [-0.3, -0.25) is 4.68 Å². The molecule has 0 aliphatic carbocycles. The van der Waals surface area contributed by atoms with Crippen LogP contribution >= 0.6 is 0 Å². The molecular weight excluding hydrogens is 294 g/mol. The van der Waals surface area contributed by atoms with Crippen LogP contribution in [0.15, 0.2) is 18.6 Å². The van der Waals surface area contributed by atoms with Crippen molar-refractivity contribution < 1.29 is 4.74 Å². The summed E-state index contributed by atoms with van der Waals surface area (Å²) in [5.41, 5.74) is 2.92. The van der Waals surface area contributed by atoms with Crippen LogP contribution in [-0.2, 0) is 11.8 Å². The highest BCUT2D eigenvalue weighted by atomic mass is 16.5. The van der Waals surface area contributed by atoms with Crippen LogP contribution in [0.1, 0.15) is 5.69 Å². The van der Waals surface area contributed by atoms with Crippen LogP contribution in [0.5, 0.6) is 0 Å². The number of aromatic nitrogens is 5. The summed E-state index contributed by atoms with van der Waals surface area (Å²) in [5.74, 6) is 0.874. The van der Waals surface area contributed by atoms with Crippen molar-refractivity contribution in [2.24, 2.45) is 7.05 Å². The zero-order chi connectivity index (χ0) is 15.8. The minimum atomic E-state index is 0.513. The van der Waals surface area contributed by atoms with Crippen LogP contribution in [0.25, 0.3) is 22.3 Å². The van der Waals surface area contributed by atoms with Gasteiger partial charge in [0, 0.05) is 38.0 Å². The van der Waals surface area contributed by atoms with Crippen molar-refractivity contribution in [1.82, 2.24) is 24.7 Å². The van der Waals surface area contributed by atoms with Crippen molar-refractivity contribution in [3.8, 4) is 17.3 Å². The Labute approximate surface area is 132 Å². The molecule has 3 aromatic heterocycles. The number of fused-ring (bicyclic) bond motifs is 1. The first kappa shape index (κ1) is 13.7. The molecule has 0 saturated carbocycles. The SMILES string of the molecule is Cn1nc(-c2c[nH]c3ncnc(N4CCOCC4)c23)cc1C#N. The molecule has 0 unspecified atom stereocenters. The second-order valence-corrected chi connectivity index (χ2v) is 5.37. The molecule has 8 nitrogen and oxygen atoms in total. The van der Waals surface area contributed by atoms with Gasteiger partial charge in [-0.1, -0.05) is 0 Å². The van der Waals surface area contributed by atoms with E-state index >= 15 is 0 Å². The van der Waals surface area contributed by atoms with Crippen LogP contribution < -0.4 is 4.90 Å². The molecule has 0 bridgehead atoms. The summed E-state index contributed by atoms with van der Waals surface area (Å²) in [4.78, 5) is 14.2. The number of rotatable bonds is 2. The molecule has 0 atom stereocenters. The quantitative estimate of drug-likeness (QED) is 0.760. The molecule has 1 saturated heterocycles. The largest absolute Gasteiger partial charge is 0.378 e. The average molecular weight is 309 g/mol. The number of ether oxygens (including phenoxy) is 1. The maximum atomic E-state index is 9.14. The van der Waals surface area contributed by atoms with Crippen molar-refractivity contribution in [3.63, 3.8) is 0 Å². The van der Waals surface area contributed by atoms with Crippen molar-refractivity contribution in [2.45, 2.75) is 0 Å². The topological polar surface area (TPSA) is 95.7 Å². The molecule has 0 amide bonds. The Balaban J connectivity index is 1.88. The smallest absolute Gasteiger partial charge is 0.143 e. The predicted octanol–water partition coefficient (Wildman–Crippen LogP) is 1.07. The number of aryl methyl sites for hydroxylation is 1. The molecule has 0 spiro atoms. The summed E-state index contributed by atoms with van der Waals surface area (Å²) < 4.78 is 6.99. The molecule has 0 aromatic carbocycles. The van der Waals surface area contributed by atoms with Gasteiger partial charge in [0.25, 0.3) is 0 Å². The molecule has 23 heavy (non-hydrogen) atoms. The monoisotopic (exact) mass is 309 g/mol. The van der Waals surface area contributed by atoms with Gasteiger partial charge in [0.05, 0.1) is 24.3 Å². The van der Waals surface area contributed by atoms with Gasteiger partial charge in [-0.2, -0.15) is 10.4 Å². The van der Waals surface area contributed by atoms with E-state index in [1.807, 2.05) is 6.20 Å². The number of anilines is 1. The minimum Gasteiger partial charge on any atom is -0.378 e. The Morgan fingerprint density at radius 2 is 2.13 bits per heavy atom. The highest BCUT2D eigenvalue weighted by Crippen LogP contribution is 2.33. The molecule has 1 aliphatic heterocycles. The third-order valence-corrected chi connectivity index (χ3v) is 4.03. The first-order chi connectivity index (χ1) is 11.3. The van der Waals surface area contributed by atoms with E-state index in [1.54, 1.807) is 24.1 Å². The standard InChI is InChI=1S/C15H15N7O/c1-21-10(7-16)6-12(20-21)11-8-17-14-13(11)15(19-9-18-14)22-2-4-23-5-3-22/h6,8-9H,2-5H2,1H3,(H,17,18,19). The van der Waals surface area contributed by atoms with E-state index in [0.29, 0.717) is 18.9 Å². The van der Waals surface area contributed by atoms with Crippen molar-refractivity contribution in [1.29, 1.82) is 5.26 Å². The molecule has 0 radical (unpaired) electrons. The molecule has 4 rings (SSSR count). The number of nitrogens with zero attached hydrogens (tertiary/aromatic N) is 6. The van der Waals surface area contributed by atoms with Crippen molar-refractivity contribution >= 4 is 16.9 Å². The molecule has 1 aliphatic rings. The molecule has 1 fully saturated rings. The molecule has 116 valence electrons. The Morgan fingerprint density at radius 1 is 1.30 bits per heavy atom. The van der Waals surface area contributed by atoms with Crippen LogP contribution in [0.3, 0.4) is 0 Å². The van der Waals surface area contributed by atoms with Crippen molar-refractivity contribution in [2.75, 3.05) is 31.2 Å². The van der Waals surface area contributed by atoms with Gasteiger partial charge in [-0.25, -0.2) is 9.97 Å². The summed E-state index contributed by atoms with van der Waals surface area (Å²) in [5, 5.41) is 14.5. The summed E-state index contributed by atoms with van der Waals surface area (Å²) >= 11 is 0. The zero-order valence-corrected chi connectivity index (χ0v) is 12.7. The lowest BCUT2D eigenvalue weighted by Crippen LogP contribution is -2.36. The highest BCUT2D eigenvalue weighted by Gasteiger charge is 2.21. The van der Waals surface area contributed by atoms with E-state index in [1.165, 1.54) is 0 Å². The van der Waals surface area contributed by atoms with Crippen LogP contribution in [0.4, 0.5) is 5.82 Å². The van der Waals surface area contributed by atoms with E-state index in [4.69, 9.17) is 10.00 Å². The number of morpholine rings is 1. The maximum absolute atomic E-state index is 9.14. The van der Waals surface area contributed by atoms with Crippen LogP contribution in [0, 0.1) is 11.3 Å². The number of nitriles is 1. The Bertz CT molecular complexity index is 898. The fraction of sp³-hybridized carbons (Fsp3) is 0.333. The normalized spacial score (nSPS) is 15.0. The molecule has 3 aromatic rings. The third kappa shape index (κ3) is 2.22. The predicted molar refractivity (Wildman–Crippen MR) is 83.8 cm³/mol. The summed E-state index contributed by atoms with van der Waals surface area (Å²) in [7, 11) is 1.76. The second kappa shape index (κ2) is 5.37. The second-order valence-electron chi connectivity index (χ2n) is 5.37.